The van der Waals surface area contributed by atoms with Crippen molar-refractivity contribution in [3.63, 3.8) is 0 Å². The molecule has 3 nitrogen and oxygen atoms in total. The van der Waals surface area contributed by atoms with Crippen LogP contribution >= 0.6 is 11.6 Å². The van der Waals surface area contributed by atoms with Gasteiger partial charge in [0.1, 0.15) is 5.54 Å². The van der Waals surface area contributed by atoms with Crippen molar-refractivity contribution in [3.8, 4) is 0 Å². The number of rotatable bonds is 3. The lowest BCUT2D eigenvalue weighted by Crippen LogP contribution is -2.40. The number of benzene rings is 1. The summed E-state index contributed by atoms with van der Waals surface area (Å²) >= 11 is 6.47. The highest BCUT2D eigenvalue weighted by atomic mass is 35.5. The van der Waals surface area contributed by atoms with Crippen LogP contribution in [0.1, 0.15) is 37.1 Å². The number of nitrogens with one attached hydrogen (secondary N) is 1. The molecule has 4 rings (SSSR count). The van der Waals surface area contributed by atoms with Crippen LogP contribution in [0.25, 0.3) is 5.03 Å². The molecular weight excluding hydrogens is 368 g/mol. The Hall–Kier alpha value is -2.65. The zero-order valence-electron chi connectivity index (χ0n) is 16.1. The number of fused-ring (bicyclic) bond motifs is 4. The second-order valence-electron chi connectivity index (χ2n) is 7.48. The molecule has 0 radical (unpaired) electrons. The van der Waals surface area contributed by atoms with Crippen LogP contribution in [-0.4, -0.2) is 11.2 Å². The number of allylic oxidation sites excluding steroid dienone is 3. The molecule has 1 aromatic heterocycles. The molecule has 142 valence electrons. The number of aromatic nitrogens is 1. The average Bonchev–Trinajstić information content (AvgIpc) is 2.67. The molecule has 1 N–H and O–H groups in total. The summed E-state index contributed by atoms with van der Waals surface area (Å²) in [7, 11) is 0. The Morgan fingerprint density at radius 3 is 2.79 bits per heavy atom. The summed E-state index contributed by atoms with van der Waals surface area (Å²) in [6.07, 6.45) is 9.76. The summed E-state index contributed by atoms with van der Waals surface area (Å²) < 4.78 is 0. The van der Waals surface area contributed by atoms with E-state index in [0.717, 1.165) is 29.7 Å². The molecule has 1 aromatic carbocycles. The Kier molecular flexibility index (Phi) is 4.94. The first kappa shape index (κ1) is 18.7. The maximum Gasteiger partial charge on any atom is 0.248 e. The minimum absolute atomic E-state index is 0.0624. The molecule has 0 saturated carbocycles. The molecule has 0 amide bonds. The molecule has 0 spiro atoms. The number of hydrogen-bond donors (Lipinski definition) is 1. The smallest absolute Gasteiger partial charge is 0.248 e. The summed E-state index contributed by atoms with van der Waals surface area (Å²) in [6.45, 7) is 4.23. The van der Waals surface area contributed by atoms with Gasteiger partial charge in [0, 0.05) is 40.9 Å². The molecule has 0 unspecified atom stereocenters. The first-order valence-electron chi connectivity index (χ1n) is 9.56. The van der Waals surface area contributed by atoms with Gasteiger partial charge < -0.3 is 4.98 Å². The van der Waals surface area contributed by atoms with Crippen molar-refractivity contribution in [2.75, 3.05) is 0 Å². The van der Waals surface area contributed by atoms with Crippen molar-refractivity contribution in [1.82, 2.24) is 4.98 Å². The van der Waals surface area contributed by atoms with Crippen molar-refractivity contribution >= 4 is 22.8 Å². The minimum Gasteiger partial charge on any atom is -0.326 e. The Morgan fingerprint density at radius 2 is 2.04 bits per heavy atom. The second-order valence-corrected chi connectivity index (χ2v) is 7.89. The van der Waals surface area contributed by atoms with E-state index in [1.807, 2.05) is 48.7 Å². The van der Waals surface area contributed by atoms with Crippen LogP contribution in [-0.2, 0) is 12.0 Å². The van der Waals surface area contributed by atoms with E-state index in [1.54, 1.807) is 6.07 Å². The van der Waals surface area contributed by atoms with Gasteiger partial charge in [-0.1, -0.05) is 59.7 Å². The van der Waals surface area contributed by atoms with Crippen LogP contribution < -0.4 is 5.56 Å². The van der Waals surface area contributed by atoms with Crippen molar-refractivity contribution < 1.29 is 0 Å². The topological polar surface area (TPSA) is 45.2 Å². The predicted octanol–water partition coefficient (Wildman–Crippen LogP) is 5.39. The monoisotopic (exact) mass is 390 g/mol. The summed E-state index contributed by atoms with van der Waals surface area (Å²) in [5, 5.41) is 0.653. The first-order valence-corrected chi connectivity index (χ1v) is 9.94. The molecule has 4 heteroatoms. The number of halogens is 1. The van der Waals surface area contributed by atoms with Crippen molar-refractivity contribution in [2.45, 2.75) is 32.2 Å². The van der Waals surface area contributed by atoms with Crippen LogP contribution in [0.4, 0.5) is 0 Å². The number of aliphatic imine (C=N–C) groups is 1. The molecule has 2 aliphatic rings. The highest BCUT2D eigenvalue weighted by Gasteiger charge is 2.46. The third-order valence-corrected chi connectivity index (χ3v) is 5.99. The van der Waals surface area contributed by atoms with E-state index < -0.39 is 5.54 Å². The van der Waals surface area contributed by atoms with Gasteiger partial charge in [0.25, 0.3) is 0 Å². The number of pyridine rings is 1. The molecule has 0 aliphatic heterocycles. The second kappa shape index (κ2) is 7.40. The molecular formula is C24H23ClN2O. The number of hydrogen-bond acceptors (Lipinski definition) is 2. The van der Waals surface area contributed by atoms with Crippen LogP contribution in [0.15, 0.2) is 81.6 Å². The van der Waals surface area contributed by atoms with Gasteiger partial charge in [0.05, 0.1) is 0 Å². The lowest BCUT2D eigenvalue weighted by atomic mass is 9.63. The van der Waals surface area contributed by atoms with E-state index in [4.69, 9.17) is 16.6 Å². The summed E-state index contributed by atoms with van der Waals surface area (Å²) in [5.41, 5.74) is 5.10. The fourth-order valence-electron chi connectivity index (χ4n) is 4.58. The average molecular weight is 391 g/mol. The minimum atomic E-state index is -0.486. The van der Waals surface area contributed by atoms with Gasteiger partial charge in [-0.2, -0.15) is 0 Å². The van der Waals surface area contributed by atoms with E-state index in [0.29, 0.717) is 5.03 Å². The van der Waals surface area contributed by atoms with Gasteiger partial charge in [0.2, 0.25) is 5.56 Å². The van der Waals surface area contributed by atoms with Gasteiger partial charge in [-0.05, 0) is 43.5 Å². The maximum atomic E-state index is 11.9. The van der Waals surface area contributed by atoms with E-state index in [2.05, 4.69) is 31.0 Å². The summed E-state index contributed by atoms with van der Waals surface area (Å²) in [5.74, 6) is 0.259. The van der Waals surface area contributed by atoms with Gasteiger partial charge in [-0.3, -0.25) is 9.79 Å². The highest BCUT2D eigenvalue weighted by molar-refractivity contribution is 6.49. The van der Waals surface area contributed by atoms with E-state index in [-0.39, 0.29) is 11.5 Å². The number of nitrogens with zero attached hydrogens (tertiary/aromatic N) is 1. The summed E-state index contributed by atoms with van der Waals surface area (Å²) in [4.78, 5) is 20.0. The Labute approximate surface area is 170 Å². The molecule has 0 fully saturated rings. The standard InChI is InChI=1S/C24H23ClN2O/c1-3-19-18-13-16(2)15-24(19,20-9-10-23(28)27-22(20)14-18)26-12-11-21(25)17-7-5-4-6-8-17/h3-13,18H,14-15H2,1-2H3,(H,27,28)/t18-,24+/m0/s1. The zero-order valence-corrected chi connectivity index (χ0v) is 16.8. The quantitative estimate of drug-likeness (QED) is 0.554. The SMILES string of the molecule is CC=C1[C@H]2C=C(C)C[C@]1(N=CC=C(Cl)c1ccccc1)c1ccc(=O)[nH]c1C2. The fourth-order valence-corrected chi connectivity index (χ4v) is 4.76. The van der Waals surface area contributed by atoms with Crippen LogP contribution in [0.3, 0.4) is 0 Å². The van der Waals surface area contributed by atoms with E-state index in [9.17, 15) is 4.79 Å². The molecule has 2 bridgehead atoms. The van der Waals surface area contributed by atoms with Crippen molar-refractivity contribution in [2.24, 2.45) is 10.9 Å². The lowest BCUT2D eigenvalue weighted by molar-refractivity contribution is 0.413. The Balaban J connectivity index is 1.82. The third-order valence-electron chi connectivity index (χ3n) is 5.64. The van der Waals surface area contributed by atoms with Gasteiger partial charge >= 0.3 is 0 Å². The van der Waals surface area contributed by atoms with Crippen LogP contribution in [0.5, 0.6) is 0 Å². The zero-order chi connectivity index (χ0) is 19.7. The van der Waals surface area contributed by atoms with Crippen LogP contribution in [0.2, 0.25) is 0 Å². The number of aromatic amines is 1. The lowest BCUT2D eigenvalue weighted by Gasteiger charge is -2.45. The molecule has 2 aliphatic carbocycles. The molecule has 2 aromatic rings. The molecule has 2 atom stereocenters. The first-order chi connectivity index (χ1) is 13.5. The van der Waals surface area contributed by atoms with Crippen molar-refractivity contribution in [1.29, 1.82) is 0 Å². The summed E-state index contributed by atoms with van der Waals surface area (Å²) in [6, 6.07) is 13.4. The van der Waals surface area contributed by atoms with Gasteiger partial charge in [-0.25, -0.2) is 0 Å². The largest absolute Gasteiger partial charge is 0.326 e. The molecule has 0 saturated heterocycles. The molecule has 28 heavy (non-hydrogen) atoms. The van der Waals surface area contributed by atoms with Crippen molar-refractivity contribution in [3.05, 3.63) is 99.0 Å². The van der Waals surface area contributed by atoms with Gasteiger partial charge in [-0.15, -0.1) is 0 Å². The maximum absolute atomic E-state index is 11.9. The number of H-pyrrole nitrogens is 1. The predicted molar refractivity (Wildman–Crippen MR) is 117 cm³/mol. The van der Waals surface area contributed by atoms with E-state index >= 15 is 0 Å². The molecule has 1 heterocycles. The Bertz CT molecular complexity index is 1080. The fraction of sp³-hybridized carbons (Fsp3) is 0.250. The Morgan fingerprint density at radius 1 is 1.25 bits per heavy atom. The highest BCUT2D eigenvalue weighted by Crippen LogP contribution is 2.51. The normalized spacial score (nSPS) is 25.7. The van der Waals surface area contributed by atoms with E-state index in [1.165, 1.54) is 11.1 Å². The van der Waals surface area contributed by atoms with Gasteiger partial charge in [0.15, 0.2) is 0 Å². The third kappa shape index (κ3) is 3.20. The van der Waals surface area contributed by atoms with Crippen LogP contribution in [0, 0.1) is 5.92 Å².